The van der Waals surface area contributed by atoms with Crippen LogP contribution in [0.5, 0.6) is 5.75 Å². The zero-order valence-corrected chi connectivity index (χ0v) is 17.1. The van der Waals surface area contributed by atoms with Crippen LogP contribution in [0.25, 0.3) is 55.0 Å². The van der Waals surface area contributed by atoms with Crippen LogP contribution in [-0.2, 0) is 0 Å². The monoisotopic (exact) mass is 400 g/mol. The number of hydrogen-bond acceptors (Lipinski definition) is 2. The van der Waals surface area contributed by atoms with E-state index in [2.05, 4.69) is 91.0 Å². The Hall–Kier alpha value is -4.04. The van der Waals surface area contributed by atoms with Crippen molar-refractivity contribution < 1.29 is 9.15 Å². The lowest BCUT2D eigenvalue weighted by atomic mass is 9.93. The molecule has 6 aromatic rings. The van der Waals surface area contributed by atoms with Crippen LogP contribution in [0.4, 0.5) is 0 Å². The Bertz CT molecular complexity index is 1560. The molecule has 0 spiro atoms. The second-order valence-corrected chi connectivity index (χ2v) is 7.75. The van der Waals surface area contributed by atoms with E-state index in [-0.39, 0.29) is 0 Å². The molecular weight excluding hydrogens is 380 g/mol. The summed E-state index contributed by atoms with van der Waals surface area (Å²) < 4.78 is 11.8. The first-order chi connectivity index (χ1) is 15.3. The Morgan fingerprint density at radius 2 is 1.42 bits per heavy atom. The normalized spacial score (nSPS) is 11.4. The van der Waals surface area contributed by atoms with Gasteiger partial charge in [0.25, 0.3) is 0 Å². The molecule has 0 saturated carbocycles. The summed E-state index contributed by atoms with van der Waals surface area (Å²) in [6, 6.07) is 35.8. The van der Waals surface area contributed by atoms with Gasteiger partial charge in [0.15, 0.2) is 0 Å². The lowest BCUT2D eigenvalue weighted by Crippen LogP contribution is -1.88. The van der Waals surface area contributed by atoms with Crippen LogP contribution < -0.4 is 4.74 Å². The molecule has 2 nitrogen and oxygen atoms in total. The van der Waals surface area contributed by atoms with Crippen LogP contribution in [-0.4, -0.2) is 7.11 Å². The van der Waals surface area contributed by atoms with E-state index in [1.807, 2.05) is 12.1 Å². The zero-order valence-electron chi connectivity index (χ0n) is 17.1. The Kier molecular flexibility index (Phi) is 4.03. The smallest absolute Gasteiger partial charge is 0.136 e. The lowest BCUT2D eigenvalue weighted by Gasteiger charge is -2.12. The third kappa shape index (κ3) is 2.88. The maximum Gasteiger partial charge on any atom is 0.136 e. The Morgan fingerprint density at radius 3 is 2.29 bits per heavy atom. The SMILES string of the molecule is COc1ccc(-c2ccc3c(c2)oc2ccc4ccccc4c23)c(-c2ccccc2)c1. The van der Waals surface area contributed by atoms with Gasteiger partial charge in [-0.1, -0.05) is 72.8 Å². The van der Waals surface area contributed by atoms with Crippen molar-refractivity contribution in [3.05, 3.63) is 103 Å². The number of hydrogen-bond donors (Lipinski definition) is 0. The van der Waals surface area contributed by atoms with Crippen LogP contribution in [0, 0.1) is 0 Å². The molecule has 0 atom stereocenters. The van der Waals surface area contributed by atoms with Crippen molar-refractivity contribution in [1.29, 1.82) is 0 Å². The van der Waals surface area contributed by atoms with E-state index in [9.17, 15) is 0 Å². The molecule has 148 valence electrons. The summed E-state index contributed by atoms with van der Waals surface area (Å²) in [5.74, 6) is 0.846. The molecule has 5 aromatic carbocycles. The highest BCUT2D eigenvalue weighted by molar-refractivity contribution is 6.19. The van der Waals surface area contributed by atoms with Crippen molar-refractivity contribution in [2.24, 2.45) is 0 Å². The minimum absolute atomic E-state index is 0.846. The van der Waals surface area contributed by atoms with Crippen molar-refractivity contribution in [3.8, 4) is 28.0 Å². The molecule has 0 amide bonds. The summed E-state index contributed by atoms with van der Waals surface area (Å²) in [7, 11) is 1.70. The first-order valence-corrected chi connectivity index (χ1v) is 10.4. The van der Waals surface area contributed by atoms with Crippen molar-refractivity contribution in [1.82, 2.24) is 0 Å². The Balaban J connectivity index is 1.59. The van der Waals surface area contributed by atoms with E-state index in [0.29, 0.717) is 0 Å². The van der Waals surface area contributed by atoms with Gasteiger partial charge in [0.2, 0.25) is 0 Å². The third-order valence-electron chi connectivity index (χ3n) is 5.98. The van der Waals surface area contributed by atoms with Crippen LogP contribution in [0.15, 0.2) is 108 Å². The van der Waals surface area contributed by atoms with Crippen molar-refractivity contribution in [2.45, 2.75) is 0 Å². The van der Waals surface area contributed by atoms with Gasteiger partial charge < -0.3 is 9.15 Å². The van der Waals surface area contributed by atoms with E-state index in [0.717, 1.165) is 44.6 Å². The maximum absolute atomic E-state index is 6.29. The molecule has 6 rings (SSSR count). The first kappa shape index (κ1) is 17.8. The molecule has 0 aliphatic heterocycles. The standard InChI is InChI=1S/C29H20O2/c1-30-22-13-15-23(26(18-22)19-7-3-2-4-8-19)21-11-14-25-28(17-21)31-27-16-12-20-9-5-6-10-24(20)29(25)27/h2-18H,1H3. The summed E-state index contributed by atoms with van der Waals surface area (Å²) in [6.07, 6.45) is 0. The Morgan fingerprint density at radius 1 is 0.581 bits per heavy atom. The molecular formula is C29H20O2. The predicted molar refractivity (Wildman–Crippen MR) is 129 cm³/mol. The van der Waals surface area contributed by atoms with Crippen LogP contribution in [0.3, 0.4) is 0 Å². The molecule has 0 saturated heterocycles. The summed E-state index contributed by atoms with van der Waals surface area (Å²) in [4.78, 5) is 0. The molecule has 2 heteroatoms. The first-order valence-electron chi connectivity index (χ1n) is 10.4. The molecule has 0 unspecified atom stereocenters. The van der Waals surface area contributed by atoms with Crippen LogP contribution in [0.2, 0.25) is 0 Å². The van der Waals surface area contributed by atoms with E-state index < -0.39 is 0 Å². The summed E-state index contributed by atoms with van der Waals surface area (Å²) in [6.45, 7) is 0. The van der Waals surface area contributed by atoms with Gasteiger partial charge in [-0.25, -0.2) is 0 Å². The van der Waals surface area contributed by atoms with E-state index in [1.165, 1.54) is 16.2 Å². The summed E-state index contributed by atoms with van der Waals surface area (Å²) in [5, 5.41) is 4.77. The number of furan rings is 1. The van der Waals surface area contributed by atoms with Gasteiger partial charge in [0, 0.05) is 10.8 Å². The van der Waals surface area contributed by atoms with Crippen LogP contribution >= 0.6 is 0 Å². The predicted octanol–water partition coefficient (Wildman–Crippen LogP) is 8.08. The number of methoxy groups -OCH3 is 1. The molecule has 1 heterocycles. The molecule has 0 radical (unpaired) electrons. The van der Waals surface area contributed by atoms with Gasteiger partial charge in [-0.3, -0.25) is 0 Å². The third-order valence-corrected chi connectivity index (χ3v) is 5.98. The quantitative estimate of drug-likeness (QED) is 0.299. The zero-order chi connectivity index (χ0) is 20.8. The number of fused-ring (bicyclic) bond motifs is 5. The highest BCUT2D eigenvalue weighted by Gasteiger charge is 2.14. The fourth-order valence-corrected chi connectivity index (χ4v) is 4.47. The average Bonchev–Trinajstić information content (AvgIpc) is 3.22. The van der Waals surface area contributed by atoms with Crippen molar-refractivity contribution in [2.75, 3.05) is 7.11 Å². The van der Waals surface area contributed by atoms with Gasteiger partial charge in [0.05, 0.1) is 7.11 Å². The fourth-order valence-electron chi connectivity index (χ4n) is 4.47. The van der Waals surface area contributed by atoms with Gasteiger partial charge in [-0.15, -0.1) is 0 Å². The topological polar surface area (TPSA) is 22.4 Å². The summed E-state index contributed by atoms with van der Waals surface area (Å²) in [5.41, 5.74) is 6.40. The second kappa shape index (κ2) is 7.03. The average molecular weight is 400 g/mol. The molecule has 0 fully saturated rings. The van der Waals surface area contributed by atoms with Gasteiger partial charge in [-0.2, -0.15) is 0 Å². The molecule has 0 N–H and O–H groups in total. The minimum atomic E-state index is 0.846. The fraction of sp³-hybridized carbons (Fsp3) is 0.0345. The summed E-state index contributed by atoms with van der Waals surface area (Å²) >= 11 is 0. The highest BCUT2D eigenvalue weighted by Crippen LogP contribution is 2.39. The van der Waals surface area contributed by atoms with E-state index in [1.54, 1.807) is 7.11 Å². The maximum atomic E-state index is 6.29. The molecule has 0 aliphatic carbocycles. The second-order valence-electron chi connectivity index (χ2n) is 7.75. The van der Waals surface area contributed by atoms with E-state index in [4.69, 9.17) is 9.15 Å². The van der Waals surface area contributed by atoms with Gasteiger partial charge in [-0.05, 0) is 63.4 Å². The lowest BCUT2D eigenvalue weighted by molar-refractivity contribution is 0.415. The highest BCUT2D eigenvalue weighted by atomic mass is 16.5. The number of ether oxygens (including phenoxy) is 1. The molecule has 0 aliphatic rings. The number of rotatable bonds is 3. The Labute approximate surface area is 180 Å². The van der Waals surface area contributed by atoms with Gasteiger partial charge >= 0.3 is 0 Å². The van der Waals surface area contributed by atoms with Crippen molar-refractivity contribution >= 4 is 32.7 Å². The number of benzene rings is 5. The molecule has 0 bridgehead atoms. The molecule has 31 heavy (non-hydrogen) atoms. The van der Waals surface area contributed by atoms with E-state index >= 15 is 0 Å². The largest absolute Gasteiger partial charge is 0.497 e. The van der Waals surface area contributed by atoms with Crippen LogP contribution in [0.1, 0.15) is 0 Å². The van der Waals surface area contributed by atoms with Crippen molar-refractivity contribution in [3.63, 3.8) is 0 Å². The molecule has 1 aromatic heterocycles. The van der Waals surface area contributed by atoms with Gasteiger partial charge in [0.1, 0.15) is 16.9 Å². The minimum Gasteiger partial charge on any atom is -0.497 e.